The van der Waals surface area contributed by atoms with E-state index in [0.717, 1.165) is 12.3 Å². The first-order valence-corrected chi connectivity index (χ1v) is 6.59. The standard InChI is InChI=1S/C15H20N2O2/c1-4-15(11-12(2)18)16-14(17(3)19-15)10-13-8-6-5-7-9-13/h5-9H,4,10-11H2,1-3H3. The average molecular weight is 260 g/mol. The van der Waals surface area contributed by atoms with Crippen molar-refractivity contribution in [1.29, 1.82) is 0 Å². The Morgan fingerprint density at radius 1 is 1.37 bits per heavy atom. The van der Waals surface area contributed by atoms with Gasteiger partial charge in [-0.2, -0.15) is 0 Å². The first-order valence-electron chi connectivity index (χ1n) is 6.59. The second kappa shape index (κ2) is 5.53. The molecule has 1 heterocycles. The van der Waals surface area contributed by atoms with E-state index in [1.54, 1.807) is 12.0 Å². The zero-order valence-corrected chi connectivity index (χ0v) is 11.7. The number of ketones is 1. The van der Waals surface area contributed by atoms with E-state index in [-0.39, 0.29) is 5.78 Å². The van der Waals surface area contributed by atoms with Crippen LogP contribution in [0.5, 0.6) is 0 Å². The molecule has 19 heavy (non-hydrogen) atoms. The first kappa shape index (κ1) is 13.7. The molecule has 1 aromatic rings. The van der Waals surface area contributed by atoms with Gasteiger partial charge in [-0.25, -0.2) is 14.9 Å². The van der Waals surface area contributed by atoms with Crippen LogP contribution >= 0.6 is 0 Å². The Balaban J connectivity index is 2.18. The van der Waals surface area contributed by atoms with Crippen LogP contribution in [0.4, 0.5) is 0 Å². The van der Waals surface area contributed by atoms with Crippen LogP contribution in [0.2, 0.25) is 0 Å². The van der Waals surface area contributed by atoms with Gasteiger partial charge in [0.25, 0.3) is 0 Å². The van der Waals surface area contributed by atoms with E-state index >= 15 is 0 Å². The summed E-state index contributed by atoms with van der Waals surface area (Å²) in [6, 6.07) is 10.1. The summed E-state index contributed by atoms with van der Waals surface area (Å²) < 4.78 is 0. The number of hydrogen-bond donors (Lipinski definition) is 0. The Kier molecular flexibility index (Phi) is 4.00. The van der Waals surface area contributed by atoms with Gasteiger partial charge in [0, 0.05) is 13.5 Å². The van der Waals surface area contributed by atoms with Crippen LogP contribution in [0.15, 0.2) is 35.3 Å². The minimum Gasteiger partial charge on any atom is -0.300 e. The number of aliphatic imine (C=N–C) groups is 1. The highest BCUT2D eigenvalue weighted by molar-refractivity contribution is 5.86. The molecule has 0 amide bonds. The van der Waals surface area contributed by atoms with Gasteiger partial charge < -0.3 is 0 Å². The fourth-order valence-electron chi connectivity index (χ4n) is 2.29. The molecule has 0 radical (unpaired) electrons. The first-order chi connectivity index (χ1) is 9.04. The molecule has 0 N–H and O–H groups in total. The molecule has 1 aromatic carbocycles. The number of likely N-dealkylation sites (N-methyl/N-ethyl adjacent to an activating group) is 1. The van der Waals surface area contributed by atoms with Crippen molar-refractivity contribution >= 4 is 11.6 Å². The number of Topliss-reactive ketones (excluding diaryl/α,β-unsaturated/α-hetero) is 1. The van der Waals surface area contributed by atoms with Crippen molar-refractivity contribution in [3.05, 3.63) is 35.9 Å². The Labute approximate surface area is 114 Å². The van der Waals surface area contributed by atoms with Crippen molar-refractivity contribution in [2.75, 3.05) is 7.05 Å². The van der Waals surface area contributed by atoms with Gasteiger partial charge in [0.15, 0.2) is 5.72 Å². The maximum absolute atomic E-state index is 11.4. The van der Waals surface area contributed by atoms with E-state index in [1.165, 1.54) is 5.56 Å². The molecule has 1 unspecified atom stereocenters. The summed E-state index contributed by atoms with van der Waals surface area (Å²) in [5, 5.41) is 1.69. The predicted octanol–water partition coefficient (Wildman–Crippen LogP) is 2.59. The number of amidine groups is 1. The van der Waals surface area contributed by atoms with Gasteiger partial charge in [0.2, 0.25) is 0 Å². The number of carbonyl (C=O) groups is 1. The zero-order valence-electron chi connectivity index (χ0n) is 11.7. The van der Waals surface area contributed by atoms with Crippen molar-refractivity contribution < 1.29 is 9.63 Å². The van der Waals surface area contributed by atoms with Gasteiger partial charge in [-0.3, -0.25) is 4.79 Å². The molecule has 1 aliphatic rings. The molecule has 0 bridgehead atoms. The summed E-state index contributed by atoms with van der Waals surface area (Å²) in [7, 11) is 1.85. The normalized spacial score (nSPS) is 22.5. The van der Waals surface area contributed by atoms with Crippen molar-refractivity contribution in [1.82, 2.24) is 5.06 Å². The van der Waals surface area contributed by atoms with Crippen LogP contribution in [0.1, 0.15) is 32.3 Å². The summed E-state index contributed by atoms with van der Waals surface area (Å²) in [4.78, 5) is 21.8. The topological polar surface area (TPSA) is 41.9 Å². The average Bonchev–Trinajstić information content (AvgIpc) is 2.67. The molecule has 4 heteroatoms. The number of hydrogen-bond acceptors (Lipinski definition) is 4. The lowest BCUT2D eigenvalue weighted by atomic mass is 10.1. The third kappa shape index (κ3) is 3.20. The zero-order chi connectivity index (χ0) is 13.9. The van der Waals surface area contributed by atoms with E-state index in [4.69, 9.17) is 4.84 Å². The smallest absolute Gasteiger partial charge is 0.194 e. The van der Waals surface area contributed by atoms with Crippen LogP contribution in [-0.2, 0) is 16.1 Å². The van der Waals surface area contributed by atoms with Crippen LogP contribution < -0.4 is 0 Å². The maximum Gasteiger partial charge on any atom is 0.194 e. The third-order valence-electron chi connectivity index (χ3n) is 3.29. The molecule has 102 valence electrons. The van der Waals surface area contributed by atoms with Crippen molar-refractivity contribution in [3.63, 3.8) is 0 Å². The lowest BCUT2D eigenvalue weighted by Gasteiger charge is -2.23. The van der Waals surface area contributed by atoms with E-state index in [2.05, 4.69) is 17.1 Å². The van der Waals surface area contributed by atoms with E-state index < -0.39 is 5.72 Å². The SMILES string of the molecule is CCC1(CC(C)=O)N=C(Cc2ccccc2)N(C)O1. The van der Waals surface area contributed by atoms with E-state index in [9.17, 15) is 4.79 Å². The van der Waals surface area contributed by atoms with Crippen molar-refractivity contribution in [2.24, 2.45) is 4.99 Å². The Bertz CT molecular complexity index is 484. The van der Waals surface area contributed by atoms with Crippen LogP contribution in [0.25, 0.3) is 0 Å². The van der Waals surface area contributed by atoms with Gasteiger partial charge >= 0.3 is 0 Å². The molecule has 1 atom stereocenters. The van der Waals surface area contributed by atoms with Crippen LogP contribution in [0.3, 0.4) is 0 Å². The third-order valence-corrected chi connectivity index (χ3v) is 3.29. The summed E-state index contributed by atoms with van der Waals surface area (Å²) in [5.74, 6) is 0.967. The summed E-state index contributed by atoms with van der Waals surface area (Å²) in [5.41, 5.74) is 0.483. The highest BCUT2D eigenvalue weighted by Crippen LogP contribution is 2.30. The molecule has 2 rings (SSSR count). The second-order valence-electron chi connectivity index (χ2n) is 4.96. The van der Waals surface area contributed by atoms with Gasteiger partial charge in [0.05, 0.1) is 6.42 Å². The number of hydroxylamine groups is 2. The minimum absolute atomic E-state index is 0.0972. The molecule has 1 aliphatic heterocycles. The Morgan fingerprint density at radius 3 is 2.63 bits per heavy atom. The summed E-state index contributed by atoms with van der Waals surface area (Å²) in [6.07, 6.45) is 1.73. The largest absolute Gasteiger partial charge is 0.300 e. The second-order valence-corrected chi connectivity index (χ2v) is 4.96. The molecular formula is C15H20N2O2. The van der Waals surface area contributed by atoms with Gasteiger partial charge in [0.1, 0.15) is 11.6 Å². The Hall–Kier alpha value is -1.68. The van der Waals surface area contributed by atoms with E-state index in [0.29, 0.717) is 12.8 Å². The predicted molar refractivity (Wildman–Crippen MR) is 74.7 cm³/mol. The molecule has 0 aliphatic carbocycles. The van der Waals surface area contributed by atoms with Crippen molar-refractivity contribution in [3.8, 4) is 0 Å². The van der Waals surface area contributed by atoms with Gasteiger partial charge in [-0.05, 0) is 18.9 Å². The van der Waals surface area contributed by atoms with Crippen LogP contribution in [0, 0.1) is 0 Å². The molecule has 0 aromatic heterocycles. The number of carbonyl (C=O) groups excluding carboxylic acids is 1. The van der Waals surface area contributed by atoms with E-state index in [1.807, 2.05) is 32.2 Å². The molecule has 0 saturated carbocycles. The molecule has 0 spiro atoms. The van der Waals surface area contributed by atoms with Crippen molar-refractivity contribution in [2.45, 2.75) is 38.8 Å². The van der Waals surface area contributed by atoms with Gasteiger partial charge in [-0.1, -0.05) is 37.3 Å². The highest BCUT2D eigenvalue weighted by atomic mass is 16.7. The minimum atomic E-state index is -0.704. The lowest BCUT2D eigenvalue weighted by molar-refractivity contribution is -0.174. The summed E-state index contributed by atoms with van der Waals surface area (Å²) in [6.45, 7) is 3.57. The number of nitrogens with zero attached hydrogens (tertiary/aromatic N) is 2. The van der Waals surface area contributed by atoms with Crippen LogP contribution in [-0.4, -0.2) is 29.5 Å². The fourth-order valence-corrected chi connectivity index (χ4v) is 2.29. The quantitative estimate of drug-likeness (QED) is 0.817. The van der Waals surface area contributed by atoms with Gasteiger partial charge in [-0.15, -0.1) is 0 Å². The molecule has 0 fully saturated rings. The maximum atomic E-state index is 11.4. The molecule has 4 nitrogen and oxygen atoms in total. The molecule has 0 saturated heterocycles. The summed E-state index contributed by atoms with van der Waals surface area (Å²) >= 11 is 0. The number of rotatable bonds is 5. The highest BCUT2D eigenvalue weighted by Gasteiger charge is 2.39. The number of benzene rings is 1. The monoisotopic (exact) mass is 260 g/mol. The fraction of sp³-hybridized carbons (Fsp3) is 0.467. The lowest BCUT2D eigenvalue weighted by Crippen LogP contribution is -2.32. The Morgan fingerprint density at radius 2 is 2.05 bits per heavy atom. The molecular weight excluding hydrogens is 240 g/mol.